The van der Waals surface area contributed by atoms with Crippen molar-refractivity contribution in [1.29, 1.82) is 5.26 Å². The molecule has 3 N–H and O–H groups in total. The highest BCUT2D eigenvalue weighted by Gasteiger charge is 2.14. The lowest BCUT2D eigenvalue weighted by atomic mass is 10.1. The van der Waals surface area contributed by atoms with Crippen LogP contribution in [0.3, 0.4) is 0 Å². The summed E-state index contributed by atoms with van der Waals surface area (Å²) in [4.78, 5) is 16.7. The zero-order valence-electron chi connectivity index (χ0n) is 15.8. The number of allylic oxidation sites excluding steroid dienone is 1. The molecule has 2 aromatic heterocycles. The fourth-order valence-corrected chi connectivity index (χ4v) is 4.10. The molecule has 0 spiro atoms. The first-order valence-electron chi connectivity index (χ1n) is 8.84. The van der Waals surface area contributed by atoms with Gasteiger partial charge in [0.25, 0.3) is 0 Å². The van der Waals surface area contributed by atoms with E-state index in [1.807, 2.05) is 12.1 Å². The zero-order valence-corrected chi connectivity index (χ0v) is 17.4. The van der Waals surface area contributed by atoms with Gasteiger partial charge in [0.15, 0.2) is 0 Å². The van der Waals surface area contributed by atoms with E-state index in [1.54, 1.807) is 23.6 Å². The van der Waals surface area contributed by atoms with Crippen molar-refractivity contribution in [3.8, 4) is 17.3 Å². The Morgan fingerprint density at radius 3 is 2.65 bits per heavy atom. The molecule has 0 saturated heterocycles. The average Bonchev–Trinajstić information content (AvgIpc) is 3.23. The van der Waals surface area contributed by atoms with E-state index in [2.05, 4.69) is 16.4 Å². The van der Waals surface area contributed by atoms with Crippen LogP contribution in [0.4, 0.5) is 5.69 Å². The Labute approximate surface area is 181 Å². The number of primary sulfonamides is 1. The summed E-state index contributed by atoms with van der Waals surface area (Å²) in [6.45, 7) is 0. The number of para-hydroxylation sites is 1. The Kier molecular flexibility index (Phi) is 5.39. The van der Waals surface area contributed by atoms with Crippen LogP contribution in [0, 0.1) is 11.3 Å². The summed E-state index contributed by atoms with van der Waals surface area (Å²) >= 11 is 1.21. The number of sulfonamides is 1. The van der Waals surface area contributed by atoms with Gasteiger partial charge in [-0.25, -0.2) is 23.3 Å². The van der Waals surface area contributed by atoms with Gasteiger partial charge in [-0.1, -0.05) is 18.2 Å². The van der Waals surface area contributed by atoms with Crippen LogP contribution in [0.1, 0.15) is 5.01 Å². The molecule has 10 heteroatoms. The quantitative estimate of drug-likeness (QED) is 0.350. The largest absolute Gasteiger partial charge is 0.422 e. The van der Waals surface area contributed by atoms with E-state index in [9.17, 15) is 18.5 Å². The molecule has 8 nitrogen and oxygen atoms in total. The molecule has 2 heterocycles. The van der Waals surface area contributed by atoms with Gasteiger partial charge >= 0.3 is 5.63 Å². The summed E-state index contributed by atoms with van der Waals surface area (Å²) < 4.78 is 28.0. The number of hydrogen-bond donors (Lipinski definition) is 2. The van der Waals surface area contributed by atoms with Gasteiger partial charge in [-0.3, -0.25) is 0 Å². The number of nitrogens with two attached hydrogens (primary N) is 1. The third kappa shape index (κ3) is 4.39. The summed E-state index contributed by atoms with van der Waals surface area (Å²) in [5, 5.41) is 20.4. The molecule has 154 valence electrons. The van der Waals surface area contributed by atoms with E-state index in [-0.39, 0.29) is 10.5 Å². The maximum atomic E-state index is 12.3. The molecule has 0 saturated carbocycles. The van der Waals surface area contributed by atoms with Gasteiger partial charge in [0.05, 0.1) is 16.2 Å². The lowest BCUT2D eigenvalue weighted by Crippen LogP contribution is -2.11. The Morgan fingerprint density at radius 1 is 1.19 bits per heavy atom. The second kappa shape index (κ2) is 8.16. The smallest absolute Gasteiger partial charge is 0.345 e. The molecule has 0 aliphatic heterocycles. The van der Waals surface area contributed by atoms with Crippen LogP contribution >= 0.6 is 11.3 Å². The van der Waals surface area contributed by atoms with Crippen LogP contribution in [-0.4, -0.2) is 13.4 Å². The van der Waals surface area contributed by atoms with Gasteiger partial charge in [0.2, 0.25) is 10.0 Å². The predicted molar refractivity (Wildman–Crippen MR) is 119 cm³/mol. The molecule has 0 unspecified atom stereocenters. The van der Waals surface area contributed by atoms with Gasteiger partial charge in [0.1, 0.15) is 22.2 Å². The van der Waals surface area contributed by atoms with Gasteiger partial charge < -0.3 is 9.73 Å². The number of thiazole rings is 1. The molecule has 0 bridgehead atoms. The monoisotopic (exact) mass is 450 g/mol. The highest BCUT2D eigenvalue weighted by molar-refractivity contribution is 7.89. The van der Waals surface area contributed by atoms with Gasteiger partial charge in [0, 0.05) is 22.7 Å². The number of nitrogens with one attached hydrogen (secondary N) is 1. The van der Waals surface area contributed by atoms with Crippen LogP contribution in [0.25, 0.3) is 27.8 Å². The molecule has 0 aliphatic rings. The number of rotatable bonds is 5. The van der Waals surface area contributed by atoms with Crippen LogP contribution in [0.2, 0.25) is 0 Å². The predicted octanol–water partition coefficient (Wildman–Crippen LogP) is 3.54. The minimum absolute atomic E-state index is 0.0127. The Morgan fingerprint density at radius 2 is 1.94 bits per heavy atom. The van der Waals surface area contributed by atoms with Crippen molar-refractivity contribution in [2.24, 2.45) is 5.14 Å². The summed E-state index contributed by atoms with van der Waals surface area (Å²) in [5.41, 5.74) is 1.51. The highest BCUT2D eigenvalue weighted by Crippen LogP contribution is 2.26. The van der Waals surface area contributed by atoms with E-state index in [0.717, 1.165) is 5.39 Å². The molecule has 4 aromatic rings. The standard InChI is InChI=1S/C21H14N4O4S2/c22-10-14(11-24-15-5-7-16(8-6-15)31(23,27)28)20-25-18(12-30-20)17-9-13-3-1-2-4-19(13)29-21(17)26/h1-9,11-12,24H,(H2,23,27,28)/b14-11-. The Balaban J connectivity index is 1.61. The first-order valence-corrected chi connectivity index (χ1v) is 11.3. The third-order valence-corrected chi connectivity index (χ3v) is 6.14. The summed E-state index contributed by atoms with van der Waals surface area (Å²) in [6, 6.07) is 16.7. The summed E-state index contributed by atoms with van der Waals surface area (Å²) in [7, 11) is -3.78. The highest BCUT2D eigenvalue weighted by atomic mass is 32.2. The molecule has 4 rings (SSSR count). The molecule has 31 heavy (non-hydrogen) atoms. The molecular weight excluding hydrogens is 436 g/mol. The van der Waals surface area contributed by atoms with Crippen molar-refractivity contribution in [2.75, 3.05) is 5.32 Å². The Hall–Kier alpha value is -3.78. The molecule has 0 radical (unpaired) electrons. The van der Waals surface area contributed by atoms with Crippen LogP contribution in [0.15, 0.2) is 80.3 Å². The lowest BCUT2D eigenvalue weighted by Gasteiger charge is -2.03. The van der Waals surface area contributed by atoms with Gasteiger partial charge in [-0.15, -0.1) is 11.3 Å². The normalized spacial score (nSPS) is 11.9. The lowest BCUT2D eigenvalue weighted by molar-refractivity contribution is 0.563. The summed E-state index contributed by atoms with van der Waals surface area (Å²) in [5.74, 6) is 0. The molecule has 0 aliphatic carbocycles. The average molecular weight is 451 g/mol. The van der Waals surface area contributed by atoms with E-state index < -0.39 is 15.6 Å². The number of nitrogens with zero attached hydrogens (tertiary/aromatic N) is 2. The first kappa shape index (κ1) is 20.5. The second-order valence-corrected chi connectivity index (χ2v) is 8.83. The van der Waals surface area contributed by atoms with Crippen LogP contribution < -0.4 is 16.1 Å². The van der Waals surface area contributed by atoms with Crippen LogP contribution in [0.5, 0.6) is 0 Å². The fraction of sp³-hybridized carbons (Fsp3) is 0. The number of aromatic nitrogens is 1. The third-order valence-electron chi connectivity index (χ3n) is 4.34. The van der Waals surface area contributed by atoms with E-state index in [4.69, 9.17) is 9.56 Å². The number of fused-ring (bicyclic) bond motifs is 1. The SMILES string of the molecule is N#C/C(=C/Nc1ccc(S(N)(=O)=O)cc1)c1nc(-c2cc3ccccc3oc2=O)cs1. The van der Waals surface area contributed by atoms with Crippen molar-refractivity contribution in [2.45, 2.75) is 4.90 Å². The van der Waals surface area contributed by atoms with Crippen molar-refractivity contribution in [3.05, 3.63) is 81.6 Å². The molecule has 2 aromatic carbocycles. The topological polar surface area (TPSA) is 139 Å². The number of benzene rings is 2. The maximum absolute atomic E-state index is 12.3. The fourth-order valence-electron chi connectivity index (χ4n) is 2.80. The second-order valence-electron chi connectivity index (χ2n) is 6.41. The molecule has 0 amide bonds. The van der Waals surface area contributed by atoms with Crippen molar-refractivity contribution >= 4 is 43.6 Å². The number of nitriles is 1. The minimum atomic E-state index is -3.78. The molecule has 0 fully saturated rings. The number of hydrogen-bond acceptors (Lipinski definition) is 8. The molecular formula is C21H14N4O4S2. The van der Waals surface area contributed by atoms with Crippen molar-refractivity contribution < 1.29 is 12.8 Å². The van der Waals surface area contributed by atoms with Gasteiger partial charge in [-0.2, -0.15) is 5.26 Å². The van der Waals surface area contributed by atoms with Crippen LogP contribution in [-0.2, 0) is 10.0 Å². The molecule has 0 atom stereocenters. The van der Waals surface area contributed by atoms with E-state index in [0.29, 0.717) is 27.5 Å². The zero-order chi connectivity index (χ0) is 22.0. The number of anilines is 1. The first-order chi connectivity index (χ1) is 14.8. The van der Waals surface area contributed by atoms with Crippen molar-refractivity contribution in [1.82, 2.24) is 4.98 Å². The minimum Gasteiger partial charge on any atom is -0.422 e. The summed E-state index contributed by atoms with van der Waals surface area (Å²) in [6.07, 6.45) is 1.46. The van der Waals surface area contributed by atoms with Gasteiger partial charge in [-0.05, 0) is 36.4 Å². The van der Waals surface area contributed by atoms with Crippen molar-refractivity contribution in [3.63, 3.8) is 0 Å². The Bertz CT molecular complexity index is 1510. The van der Waals surface area contributed by atoms with E-state index in [1.165, 1.54) is 41.8 Å². The maximum Gasteiger partial charge on any atom is 0.345 e. The van der Waals surface area contributed by atoms with E-state index >= 15 is 0 Å².